The lowest BCUT2D eigenvalue weighted by Crippen LogP contribution is -2.49. The van der Waals surface area contributed by atoms with E-state index in [0.29, 0.717) is 18.5 Å². The van der Waals surface area contributed by atoms with Crippen molar-refractivity contribution in [3.05, 3.63) is 0 Å². The van der Waals surface area contributed by atoms with E-state index in [9.17, 15) is 4.79 Å². The summed E-state index contributed by atoms with van der Waals surface area (Å²) in [6, 6.07) is 0.897. The predicted molar refractivity (Wildman–Crippen MR) is 61.5 cm³/mol. The van der Waals surface area contributed by atoms with Crippen LogP contribution in [0.3, 0.4) is 0 Å². The lowest BCUT2D eigenvalue weighted by molar-refractivity contribution is -0.122. The molecule has 0 aromatic rings. The van der Waals surface area contributed by atoms with Gasteiger partial charge in [-0.25, -0.2) is 0 Å². The molecule has 15 heavy (non-hydrogen) atoms. The highest BCUT2D eigenvalue weighted by atomic mass is 16.1. The summed E-state index contributed by atoms with van der Waals surface area (Å²) in [4.78, 5) is 11.4. The highest BCUT2D eigenvalue weighted by Crippen LogP contribution is 2.16. The van der Waals surface area contributed by atoms with Crippen LogP contribution < -0.4 is 16.4 Å². The Morgan fingerprint density at radius 3 is 2.47 bits per heavy atom. The molecule has 88 valence electrons. The van der Waals surface area contributed by atoms with Crippen molar-refractivity contribution in [2.24, 2.45) is 5.73 Å². The fourth-order valence-corrected chi connectivity index (χ4v) is 1.70. The summed E-state index contributed by atoms with van der Waals surface area (Å²) in [6.07, 6.45) is 2.63. The Morgan fingerprint density at radius 1 is 1.40 bits per heavy atom. The molecule has 0 heterocycles. The highest BCUT2D eigenvalue weighted by Gasteiger charge is 2.25. The second-order valence-corrected chi connectivity index (χ2v) is 5.43. The van der Waals surface area contributed by atoms with E-state index in [4.69, 9.17) is 5.73 Å². The SMILES string of the molecule is CC(C)(C)NC(=O)CCNC1CC(N)C1. The molecule has 1 fully saturated rings. The van der Waals surface area contributed by atoms with Crippen LogP contribution >= 0.6 is 0 Å². The van der Waals surface area contributed by atoms with Gasteiger partial charge < -0.3 is 16.4 Å². The topological polar surface area (TPSA) is 67.2 Å². The molecular formula is C11H23N3O. The predicted octanol–water partition coefficient (Wildman–Crippen LogP) is 0.371. The second kappa shape index (κ2) is 4.94. The molecule has 4 nitrogen and oxygen atoms in total. The Hall–Kier alpha value is -0.610. The minimum absolute atomic E-state index is 0.110. The maximum Gasteiger partial charge on any atom is 0.221 e. The zero-order valence-electron chi connectivity index (χ0n) is 9.97. The maximum absolute atomic E-state index is 11.4. The van der Waals surface area contributed by atoms with Crippen LogP contribution in [0.5, 0.6) is 0 Å². The first-order valence-corrected chi connectivity index (χ1v) is 5.67. The molecule has 0 bridgehead atoms. The average Bonchev–Trinajstić information content (AvgIpc) is 1.97. The van der Waals surface area contributed by atoms with Crippen molar-refractivity contribution in [3.8, 4) is 0 Å². The number of amides is 1. The smallest absolute Gasteiger partial charge is 0.221 e. The van der Waals surface area contributed by atoms with E-state index >= 15 is 0 Å². The first-order valence-electron chi connectivity index (χ1n) is 5.67. The molecule has 1 aliphatic carbocycles. The lowest BCUT2D eigenvalue weighted by Gasteiger charge is -2.33. The number of nitrogens with two attached hydrogens (primary N) is 1. The molecule has 0 atom stereocenters. The molecule has 1 saturated carbocycles. The maximum atomic E-state index is 11.4. The Kier molecular flexibility index (Phi) is 4.11. The first kappa shape index (κ1) is 12.5. The molecule has 0 spiro atoms. The van der Waals surface area contributed by atoms with E-state index in [1.807, 2.05) is 20.8 Å². The minimum Gasteiger partial charge on any atom is -0.351 e. The standard InChI is InChI=1S/C11H23N3O/c1-11(2,3)14-10(15)4-5-13-9-6-8(12)7-9/h8-9,13H,4-7,12H2,1-3H3,(H,14,15). The molecule has 4 heteroatoms. The van der Waals surface area contributed by atoms with Crippen molar-refractivity contribution >= 4 is 5.91 Å². The molecule has 0 radical (unpaired) electrons. The zero-order chi connectivity index (χ0) is 11.5. The molecule has 1 aliphatic rings. The van der Waals surface area contributed by atoms with E-state index in [1.165, 1.54) is 0 Å². The van der Waals surface area contributed by atoms with Gasteiger partial charge in [0.25, 0.3) is 0 Å². The van der Waals surface area contributed by atoms with Gasteiger partial charge in [-0.15, -0.1) is 0 Å². The van der Waals surface area contributed by atoms with E-state index in [-0.39, 0.29) is 11.4 Å². The van der Waals surface area contributed by atoms with E-state index in [0.717, 1.165) is 19.4 Å². The van der Waals surface area contributed by atoms with Crippen molar-refractivity contribution in [1.82, 2.24) is 10.6 Å². The third-order valence-corrected chi connectivity index (χ3v) is 2.47. The summed E-state index contributed by atoms with van der Waals surface area (Å²) in [5.74, 6) is 0.110. The normalized spacial score (nSPS) is 25.9. The van der Waals surface area contributed by atoms with Crippen LogP contribution in [0.2, 0.25) is 0 Å². The summed E-state index contributed by atoms with van der Waals surface area (Å²) in [6.45, 7) is 6.72. The van der Waals surface area contributed by atoms with Gasteiger partial charge in [0.15, 0.2) is 0 Å². The fourth-order valence-electron chi connectivity index (χ4n) is 1.70. The van der Waals surface area contributed by atoms with Crippen molar-refractivity contribution in [1.29, 1.82) is 0 Å². The van der Waals surface area contributed by atoms with Gasteiger partial charge in [0.2, 0.25) is 5.91 Å². The van der Waals surface area contributed by atoms with Crippen LogP contribution in [0.4, 0.5) is 0 Å². The molecular weight excluding hydrogens is 190 g/mol. The summed E-state index contributed by atoms with van der Waals surface area (Å²) in [5, 5.41) is 6.26. The minimum atomic E-state index is -0.129. The van der Waals surface area contributed by atoms with E-state index < -0.39 is 0 Å². The number of carbonyl (C=O) groups excluding carboxylic acids is 1. The molecule has 1 amide bonds. The largest absolute Gasteiger partial charge is 0.351 e. The molecule has 0 saturated heterocycles. The van der Waals surface area contributed by atoms with Crippen LogP contribution in [-0.4, -0.2) is 30.1 Å². The zero-order valence-corrected chi connectivity index (χ0v) is 9.97. The van der Waals surface area contributed by atoms with Crippen molar-refractivity contribution in [2.45, 2.75) is 57.7 Å². The third kappa shape index (κ3) is 5.14. The van der Waals surface area contributed by atoms with Gasteiger partial charge in [0, 0.05) is 30.6 Å². The molecule has 0 unspecified atom stereocenters. The molecule has 0 aromatic carbocycles. The van der Waals surface area contributed by atoms with Crippen LogP contribution in [0, 0.1) is 0 Å². The van der Waals surface area contributed by atoms with Gasteiger partial charge in [0.1, 0.15) is 0 Å². The summed E-state index contributed by atoms with van der Waals surface area (Å²) in [7, 11) is 0. The van der Waals surface area contributed by atoms with Crippen LogP contribution in [0.1, 0.15) is 40.0 Å². The Morgan fingerprint density at radius 2 is 2.00 bits per heavy atom. The van der Waals surface area contributed by atoms with Gasteiger partial charge >= 0.3 is 0 Å². The third-order valence-electron chi connectivity index (χ3n) is 2.47. The number of rotatable bonds is 4. The highest BCUT2D eigenvalue weighted by molar-refractivity contribution is 5.76. The summed E-state index contributed by atoms with van der Waals surface area (Å²) in [5.41, 5.74) is 5.54. The van der Waals surface area contributed by atoms with Crippen molar-refractivity contribution in [2.75, 3.05) is 6.54 Å². The van der Waals surface area contributed by atoms with E-state index in [2.05, 4.69) is 10.6 Å². The summed E-state index contributed by atoms with van der Waals surface area (Å²) >= 11 is 0. The Balaban J connectivity index is 2.02. The first-order chi connectivity index (χ1) is 6.87. The Bertz CT molecular complexity index is 216. The van der Waals surface area contributed by atoms with Crippen molar-refractivity contribution < 1.29 is 4.79 Å². The second-order valence-electron chi connectivity index (χ2n) is 5.43. The molecule has 4 N–H and O–H groups in total. The average molecular weight is 213 g/mol. The lowest BCUT2D eigenvalue weighted by atomic mass is 9.87. The molecule has 0 aromatic heterocycles. The number of carbonyl (C=O) groups is 1. The monoisotopic (exact) mass is 213 g/mol. The molecule has 1 rings (SSSR count). The summed E-state index contributed by atoms with van der Waals surface area (Å²) < 4.78 is 0. The van der Waals surface area contributed by atoms with Crippen molar-refractivity contribution in [3.63, 3.8) is 0 Å². The van der Waals surface area contributed by atoms with Gasteiger partial charge in [-0.05, 0) is 33.6 Å². The van der Waals surface area contributed by atoms with E-state index in [1.54, 1.807) is 0 Å². The fraction of sp³-hybridized carbons (Fsp3) is 0.909. The van der Waals surface area contributed by atoms with Crippen LogP contribution in [-0.2, 0) is 4.79 Å². The van der Waals surface area contributed by atoms with Gasteiger partial charge in [-0.1, -0.05) is 0 Å². The van der Waals surface area contributed by atoms with Crippen LogP contribution in [0.25, 0.3) is 0 Å². The van der Waals surface area contributed by atoms with Gasteiger partial charge in [-0.3, -0.25) is 4.79 Å². The Labute approximate surface area is 92.0 Å². The van der Waals surface area contributed by atoms with Gasteiger partial charge in [-0.2, -0.15) is 0 Å². The van der Waals surface area contributed by atoms with Crippen LogP contribution in [0.15, 0.2) is 0 Å². The number of hydrogen-bond acceptors (Lipinski definition) is 3. The quantitative estimate of drug-likeness (QED) is 0.632. The number of nitrogens with one attached hydrogen (secondary N) is 2. The van der Waals surface area contributed by atoms with Gasteiger partial charge in [0.05, 0.1) is 0 Å². The number of hydrogen-bond donors (Lipinski definition) is 3. The molecule has 0 aliphatic heterocycles.